The number of hydrogen-bond donors (Lipinski definition) is 2. The topological polar surface area (TPSA) is 58.4 Å². The first kappa shape index (κ1) is 26.1. The van der Waals surface area contributed by atoms with Gasteiger partial charge in [0.15, 0.2) is 0 Å². The van der Waals surface area contributed by atoms with E-state index in [1.54, 1.807) is 0 Å². The Kier molecular flexibility index (Phi) is 9.61. The molecule has 32 heavy (non-hydrogen) atoms. The minimum atomic E-state index is -0.135. The molecule has 2 aliphatic carbocycles. The van der Waals surface area contributed by atoms with Crippen LogP contribution in [-0.4, -0.2) is 41.9 Å². The number of allylic oxidation sites excluding steroid dienone is 2. The van der Waals surface area contributed by atoms with Crippen molar-refractivity contribution >= 4 is 29.5 Å². The summed E-state index contributed by atoms with van der Waals surface area (Å²) >= 11 is 7.71. The van der Waals surface area contributed by atoms with Gasteiger partial charge in [0.25, 0.3) is 0 Å². The minimum Gasteiger partial charge on any atom is -0.341 e. The molecule has 3 aliphatic rings. The second kappa shape index (κ2) is 11.8. The second-order valence-electron chi connectivity index (χ2n) is 10.9. The Balaban J connectivity index is 1.63. The molecule has 2 fully saturated rings. The number of rotatable bonds is 8. The highest BCUT2D eigenvalue weighted by Crippen LogP contribution is 2.45. The Labute approximate surface area is 205 Å². The maximum atomic E-state index is 13.7. The predicted octanol–water partition coefficient (Wildman–Crippen LogP) is 5.87. The Morgan fingerprint density at radius 2 is 2.03 bits per heavy atom. The normalized spacial score (nSPS) is 30.3. The van der Waals surface area contributed by atoms with E-state index in [1.807, 2.05) is 0 Å². The summed E-state index contributed by atoms with van der Waals surface area (Å²) in [4.78, 5) is 17.1. The quantitative estimate of drug-likeness (QED) is 0.336. The number of nitrogens with one attached hydrogen (secondary N) is 1. The van der Waals surface area contributed by atoms with E-state index in [1.165, 1.54) is 35.3 Å². The number of likely N-dealkylation sites (tertiary alicyclic amines) is 1. The lowest BCUT2D eigenvalue weighted by atomic mass is 9.64. The third-order valence-electron chi connectivity index (χ3n) is 8.19. The first-order valence-electron chi connectivity index (χ1n) is 12.7. The third kappa shape index (κ3) is 6.55. The van der Waals surface area contributed by atoms with E-state index >= 15 is 0 Å². The van der Waals surface area contributed by atoms with Crippen molar-refractivity contribution in [2.24, 2.45) is 28.3 Å². The second-order valence-corrected chi connectivity index (χ2v) is 12.3. The fourth-order valence-corrected chi connectivity index (χ4v) is 6.77. The predicted molar refractivity (Wildman–Crippen MR) is 138 cm³/mol. The molecule has 1 unspecified atom stereocenters. The van der Waals surface area contributed by atoms with E-state index in [2.05, 4.69) is 50.1 Å². The highest BCUT2D eigenvalue weighted by molar-refractivity contribution is 8.00. The number of halogens is 1. The van der Waals surface area contributed by atoms with Gasteiger partial charge >= 0.3 is 0 Å². The molecular formula is C26H44ClN3OS. The van der Waals surface area contributed by atoms with Gasteiger partial charge in [0.05, 0.1) is 6.04 Å². The summed E-state index contributed by atoms with van der Waals surface area (Å²) in [5, 5.41) is 9.75. The number of amides is 1. The minimum absolute atomic E-state index is 0.135. The number of alkyl halides is 1. The number of hydrogen-bond acceptors (Lipinski definition) is 4. The summed E-state index contributed by atoms with van der Waals surface area (Å²) in [6.07, 6.45) is 13.4. The van der Waals surface area contributed by atoms with Gasteiger partial charge in [-0.2, -0.15) is 0 Å². The number of piperidine rings is 1. The zero-order valence-corrected chi connectivity index (χ0v) is 22.1. The van der Waals surface area contributed by atoms with Crippen LogP contribution in [0.5, 0.6) is 0 Å². The van der Waals surface area contributed by atoms with E-state index in [-0.39, 0.29) is 17.4 Å². The number of nitrogens with two attached hydrogens (primary N) is 1. The fourth-order valence-electron chi connectivity index (χ4n) is 6.06. The van der Waals surface area contributed by atoms with Gasteiger partial charge in [0, 0.05) is 29.9 Å². The van der Waals surface area contributed by atoms with E-state index in [0.29, 0.717) is 17.2 Å². The van der Waals surface area contributed by atoms with Crippen LogP contribution in [0.1, 0.15) is 79.1 Å². The van der Waals surface area contributed by atoms with Crippen LogP contribution in [0, 0.1) is 23.2 Å². The molecule has 0 bridgehead atoms. The molecule has 3 N–H and O–H groups in total. The smallest absolute Gasteiger partial charge is 0.240 e. The molecule has 6 heteroatoms. The van der Waals surface area contributed by atoms with Crippen LogP contribution in [0.4, 0.5) is 0 Å². The fraction of sp³-hybridized carbons (Fsp3) is 0.808. The van der Waals surface area contributed by atoms with Crippen molar-refractivity contribution in [2.75, 3.05) is 19.6 Å². The maximum Gasteiger partial charge on any atom is 0.240 e. The zero-order chi connectivity index (χ0) is 23.3. The van der Waals surface area contributed by atoms with Crippen LogP contribution >= 0.6 is 23.5 Å². The molecule has 3 rings (SSSR count). The molecule has 0 aromatic rings. The van der Waals surface area contributed by atoms with Crippen molar-refractivity contribution < 1.29 is 4.79 Å². The van der Waals surface area contributed by atoms with Crippen molar-refractivity contribution in [3.05, 3.63) is 22.6 Å². The van der Waals surface area contributed by atoms with Crippen LogP contribution < -0.4 is 10.5 Å². The van der Waals surface area contributed by atoms with Crippen LogP contribution in [0.2, 0.25) is 0 Å². The summed E-state index contributed by atoms with van der Waals surface area (Å²) in [6, 6.07) is -0.135. The van der Waals surface area contributed by atoms with Gasteiger partial charge in [-0.05, 0) is 79.8 Å². The van der Waals surface area contributed by atoms with Gasteiger partial charge in [0.2, 0.25) is 5.91 Å². The average Bonchev–Trinajstić information content (AvgIpc) is 2.79. The van der Waals surface area contributed by atoms with Gasteiger partial charge in [-0.3, -0.25) is 9.93 Å². The zero-order valence-electron chi connectivity index (χ0n) is 20.5. The highest BCUT2D eigenvalue weighted by atomic mass is 35.5. The van der Waals surface area contributed by atoms with Gasteiger partial charge in [-0.15, -0.1) is 11.6 Å². The molecule has 1 amide bonds. The van der Waals surface area contributed by atoms with Crippen LogP contribution in [-0.2, 0) is 4.79 Å². The monoisotopic (exact) mass is 481 g/mol. The van der Waals surface area contributed by atoms with Gasteiger partial charge in [-0.1, -0.05) is 52.1 Å². The summed E-state index contributed by atoms with van der Waals surface area (Å²) in [5.41, 5.74) is 1.40. The SMILES string of the molecule is CC[C@H](C)[C@@H](NCC1=CCCC(SN)=C1)C(=O)N1CCC(C2CCC(Cl)CC2)C(C)(C)C1. The summed E-state index contributed by atoms with van der Waals surface area (Å²) in [6.45, 7) is 11.6. The highest BCUT2D eigenvalue weighted by Gasteiger charge is 2.43. The van der Waals surface area contributed by atoms with Crippen LogP contribution in [0.25, 0.3) is 0 Å². The van der Waals surface area contributed by atoms with E-state index in [0.717, 1.165) is 64.1 Å². The molecule has 3 atom stereocenters. The van der Waals surface area contributed by atoms with Gasteiger partial charge < -0.3 is 10.2 Å². The van der Waals surface area contributed by atoms with E-state index in [4.69, 9.17) is 16.7 Å². The molecule has 1 saturated carbocycles. The molecule has 1 aliphatic heterocycles. The van der Waals surface area contributed by atoms with Crippen LogP contribution in [0.3, 0.4) is 0 Å². The molecule has 4 nitrogen and oxygen atoms in total. The lowest BCUT2D eigenvalue weighted by Gasteiger charge is -2.49. The van der Waals surface area contributed by atoms with Crippen molar-refractivity contribution in [1.29, 1.82) is 0 Å². The molecule has 182 valence electrons. The Morgan fingerprint density at radius 1 is 1.31 bits per heavy atom. The average molecular weight is 482 g/mol. The molecule has 0 spiro atoms. The van der Waals surface area contributed by atoms with Crippen molar-refractivity contribution in [3.8, 4) is 0 Å². The molecule has 0 radical (unpaired) electrons. The summed E-state index contributed by atoms with van der Waals surface area (Å²) in [5.74, 6) is 2.04. The third-order valence-corrected chi connectivity index (χ3v) is 9.26. The Bertz CT molecular complexity index is 699. The van der Waals surface area contributed by atoms with Gasteiger partial charge in [-0.25, -0.2) is 0 Å². The largest absolute Gasteiger partial charge is 0.341 e. The molecule has 0 aromatic heterocycles. The Morgan fingerprint density at radius 3 is 2.66 bits per heavy atom. The first-order chi connectivity index (χ1) is 15.2. The molecule has 0 aromatic carbocycles. The lowest BCUT2D eigenvalue weighted by Crippen LogP contribution is -2.56. The van der Waals surface area contributed by atoms with Crippen LogP contribution in [0.15, 0.2) is 22.6 Å². The standard InChI is InChI=1S/C26H44ClN3OS/c1-5-18(2)24(29-16-19-7-6-8-22(15-19)32-28)25(31)30-14-13-23(26(3,4)17-30)20-9-11-21(27)12-10-20/h7,15,18,20-21,23-24,29H,5-6,8-14,16-17,28H2,1-4H3/t18-,20?,21?,23?,24+/m0/s1. The lowest BCUT2D eigenvalue weighted by molar-refractivity contribution is -0.140. The maximum absolute atomic E-state index is 13.7. The van der Waals surface area contributed by atoms with Gasteiger partial charge in [0.1, 0.15) is 0 Å². The molecular weight excluding hydrogens is 438 g/mol. The number of carbonyl (C=O) groups is 1. The van der Waals surface area contributed by atoms with E-state index < -0.39 is 0 Å². The summed E-state index contributed by atoms with van der Waals surface area (Å²) < 4.78 is 0. The first-order valence-corrected chi connectivity index (χ1v) is 14.0. The number of carbonyl (C=O) groups excluding carboxylic acids is 1. The Hall–Kier alpha value is -0.490. The molecule has 1 saturated heterocycles. The van der Waals surface area contributed by atoms with Crippen molar-refractivity contribution in [3.63, 3.8) is 0 Å². The van der Waals surface area contributed by atoms with Crippen molar-refractivity contribution in [2.45, 2.75) is 90.5 Å². The van der Waals surface area contributed by atoms with E-state index in [9.17, 15) is 4.79 Å². The molecule has 1 heterocycles. The summed E-state index contributed by atoms with van der Waals surface area (Å²) in [7, 11) is 0. The van der Waals surface area contributed by atoms with Crippen molar-refractivity contribution in [1.82, 2.24) is 10.2 Å². The number of nitrogens with zero attached hydrogens (tertiary/aromatic N) is 1.